The van der Waals surface area contributed by atoms with Crippen LogP contribution >= 0.6 is 11.6 Å². The third-order valence-electron chi connectivity index (χ3n) is 5.75. The normalized spacial score (nSPS) is 21.8. The van der Waals surface area contributed by atoms with Crippen molar-refractivity contribution in [3.8, 4) is 5.75 Å². The fourth-order valence-corrected chi connectivity index (χ4v) is 6.04. The lowest BCUT2D eigenvalue weighted by Gasteiger charge is -2.37. The van der Waals surface area contributed by atoms with Gasteiger partial charge in [0.05, 0.1) is 16.5 Å². The Morgan fingerprint density at radius 2 is 1.97 bits per heavy atom. The summed E-state index contributed by atoms with van der Waals surface area (Å²) in [6.07, 6.45) is 0.662. The molecule has 2 aromatic rings. The summed E-state index contributed by atoms with van der Waals surface area (Å²) in [5.74, 6) is 0.563. The number of carbonyl (C=O) groups excluding carboxylic acids is 1. The number of amides is 1. The van der Waals surface area contributed by atoms with Crippen LogP contribution in [0.3, 0.4) is 0 Å². The van der Waals surface area contributed by atoms with Crippen molar-refractivity contribution in [2.24, 2.45) is 0 Å². The van der Waals surface area contributed by atoms with Gasteiger partial charge in [-0.1, -0.05) is 11.6 Å². The lowest BCUT2D eigenvalue weighted by atomic mass is 10.1. The summed E-state index contributed by atoms with van der Waals surface area (Å²) in [6.45, 7) is 3.95. The second-order valence-electron chi connectivity index (χ2n) is 7.79. The first kappa shape index (κ1) is 21.1. The summed E-state index contributed by atoms with van der Waals surface area (Å²) in [4.78, 5) is 28.0. The van der Waals surface area contributed by atoms with Gasteiger partial charge >= 0.3 is 5.63 Å². The van der Waals surface area contributed by atoms with Gasteiger partial charge in [-0.2, -0.15) is 0 Å². The molecule has 1 amide bonds. The van der Waals surface area contributed by atoms with Crippen LogP contribution in [-0.4, -0.2) is 74.5 Å². The topological polar surface area (TPSA) is 97.1 Å². The van der Waals surface area contributed by atoms with Crippen LogP contribution in [0.2, 0.25) is 5.02 Å². The van der Waals surface area contributed by atoms with Gasteiger partial charge in [0.1, 0.15) is 11.3 Å². The Balaban J connectivity index is 1.35. The molecule has 10 heteroatoms. The second kappa shape index (κ2) is 8.20. The molecule has 0 saturated carbocycles. The molecule has 0 spiro atoms. The number of fused-ring (bicyclic) bond motifs is 1. The number of benzene rings is 1. The highest BCUT2D eigenvalue weighted by Gasteiger charge is 2.34. The molecule has 0 bridgehead atoms. The largest absolute Gasteiger partial charge is 0.482 e. The fraction of sp³-hybridized carbons (Fsp3) is 0.500. The highest BCUT2D eigenvalue weighted by molar-refractivity contribution is 7.91. The van der Waals surface area contributed by atoms with E-state index in [9.17, 15) is 18.0 Å². The number of sulfone groups is 1. The van der Waals surface area contributed by atoms with Gasteiger partial charge in [-0.3, -0.25) is 9.69 Å². The second-order valence-corrected chi connectivity index (χ2v) is 10.4. The van der Waals surface area contributed by atoms with E-state index in [1.165, 1.54) is 12.1 Å². The van der Waals surface area contributed by atoms with Gasteiger partial charge in [0.2, 0.25) is 0 Å². The molecular weight excluding hydrogens is 432 g/mol. The van der Waals surface area contributed by atoms with Crippen molar-refractivity contribution < 1.29 is 22.4 Å². The first-order valence-electron chi connectivity index (χ1n) is 9.81. The zero-order valence-electron chi connectivity index (χ0n) is 16.6. The molecule has 30 heavy (non-hydrogen) atoms. The maximum atomic E-state index is 12.6. The van der Waals surface area contributed by atoms with Gasteiger partial charge in [-0.25, -0.2) is 13.2 Å². The summed E-state index contributed by atoms with van der Waals surface area (Å²) in [6, 6.07) is 4.63. The van der Waals surface area contributed by atoms with E-state index in [2.05, 4.69) is 4.90 Å². The Labute approximate surface area is 179 Å². The number of ether oxygens (including phenoxy) is 1. The maximum absolute atomic E-state index is 12.6. The van der Waals surface area contributed by atoms with Crippen LogP contribution in [0.25, 0.3) is 11.0 Å². The number of halogens is 1. The molecule has 1 aromatic carbocycles. The number of aryl methyl sites for hydroxylation is 1. The number of nitrogens with zero attached hydrogens (tertiary/aromatic N) is 2. The predicted octanol–water partition coefficient (Wildman–Crippen LogP) is 1.46. The third kappa shape index (κ3) is 4.48. The smallest absolute Gasteiger partial charge is 0.336 e. The summed E-state index contributed by atoms with van der Waals surface area (Å²) in [7, 11) is -2.92. The number of hydrogen-bond acceptors (Lipinski definition) is 7. The van der Waals surface area contributed by atoms with Crippen molar-refractivity contribution in [3.63, 3.8) is 0 Å². The van der Waals surface area contributed by atoms with Gasteiger partial charge in [0.15, 0.2) is 16.4 Å². The van der Waals surface area contributed by atoms with E-state index >= 15 is 0 Å². The Hall–Kier alpha value is -2.10. The molecule has 0 N–H and O–H groups in total. The van der Waals surface area contributed by atoms with E-state index in [-0.39, 0.29) is 35.8 Å². The van der Waals surface area contributed by atoms with Crippen molar-refractivity contribution in [1.29, 1.82) is 0 Å². The standard InChI is InChI=1S/C20H23ClN2O6S/c1-13-8-20(25)29-17-10-18(16(21)9-15(13)17)28-11-19(24)23-5-3-22(4-6-23)14-2-7-30(26,27)12-14/h8-10,14H,2-7,11-12H2,1H3/t14-/m1/s1. The third-order valence-corrected chi connectivity index (χ3v) is 7.79. The molecule has 1 aromatic heterocycles. The highest BCUT2D eigenvalue weighted by Crippen LogP contribution is 2.31. The molecule has 2 aliphatic rings. The Bertz CT molecular complexity index is 1140. The van der Waals surface area contributed by atoms with Crippen LogP contribution in [0.1, 0.15) is 12.0 Å². The van der Waals surface area contributed by atoms with Crippen LogP contribution in [0, 0.1) is 6.92 Å². The van der Waals surface area contributed by atoms with Crippen molar-refractivity contribution in [2.75, 3.05) is 44.3 Å². The summed E-state index contributed by atoms with van der Waals surface area (Å²) in [5, 5.41) is 1.04. The number of carbonyl (C=O) groups is 1. The minimum Gasteiger partial charge on any atom is -0.482 e. The summed E-state index contributed by atoms with van der Waals surface area (Å²) in [5.41, 5.74) is 0.642. The maximum Gasteiger partial charge on any atom is 0.336 e. The molecule has 2 aliphatic heterocycles. The van der Waals surface area contributed by atoms with Crippen LogP contribution in [-0.2, 0) is 14.6 Å². The van der Waals surface area contributed by atoms with Crippen molar-refractivity contribution in [1.82, 2.24) is 9.80 Å². The minimum absolute atomic E-state index is 0.0537. The molecule has 2 saturated heterocycles. The molecule has 0 radical (unpaired) electrons. The Kier molecular flexibility index (Phi) is 5.78. The van der Waals surface area contributed by atoms with Crippen LogP contribution in [0.5, 0.6) is 5.75 Å². The minimum atomic E-state index is -2.92. The van der Waals surface area contributed by atoms with Gasteiger partial charge in [-0.15, -0.1) is 0 Å². The van der Waals surface area contributed by atoms with Crippen molar-refractivity contribution in [3.05, 3.63) is 39.2 Å². The molecule has 2 fully saturated rings. The monoisotopic (exact) mass is 454 g/mol. The lowest BCUT2D eigenvalue weighted by molar-refractivity contribution is -0.135. The van der Waals surface area contributed by atoms with Crippen molar-refractivity contribution >= 4 is 38.3 Å². The van der Waals surface area contributed by atoms with Gasteiger partial charge < -0.3 is 14.1 Å². The number of rotatable bonds is 4. The zero-order chi connectivity index (χ0) is 21.5. The van der Waals surface area contributed by atoms with E-state index in [0.29, 0.717) is 48.6 Å². The van der Waals surface area contributed by atoms with Gasteiger partial charge in [0, 0.05) is 49.7 Å². The molecule has 0 unspecified atom stereocenters. The molecule has 0 aliphatic carbocycles. The molecule has 4 rings (SSSR count). The molecule has 1 atom stereocenters. The van der Waals surface area contributed by atoms with Crippen LogP contribution in [0.15, 0.2) is 27.4 Å². The molecule has 8 nitrogen and oxygen atoms in total. The molecule has 162 valence electrons. The Morgan fingerprint density at radius 3 is 2.63 bits per heavy atom. The quantitative estimate of drug-likeness (QED) is 0.645. The number of hydrogen-bond donors (Lipinski definition) is 0. The first-order chi connectivity index (χ1) is 14.2. The van der Waals surface area contributed by atoms with E-state index in [4.69, 9.17) is 20.8 Å². The average molecular weight is 455 g/mol. The average Bonchev–Trinajstić information content (AvgIpc) is 3.06. The SMILES string of the molecule is Cc1cc(=O)oc2cc(OCC(=O)N3CCN([C@@H]4CCS(=O)(=O)C4)CC3)c(Cl)cc12. The van der Waals surface area contributed by atoms with E-state index in [0.717, 1.165) is 5.56 Å². The zero-order valence-corrected chi connectivity index (χ0v) is 18.2. The first-order valence-corrected chi connectivity index (χ1v) is 12.0. The highest BCUT2D eigenvalue weighted by atomic mass is 35.5. The lowest BCUT2D eigenvalue weighted by Crippen LogP contribution is -2.53. The van der Waals surface area contributed by atoms with Gasteiger partial charge in [-0.05, 0) is 25.0 Å². The number of piperazine rings is 1. The van der Waals surface area contributed by atoms with Gasteiger partial charge in [0.25, 0.3) is 5.91 Å². The summed E-state index contributed by atoms with van der Waals surface area (Å²) >= 11 is 6.27. The van der Waals surface area contributed by atoms with Crippen LogP contribution in [0.4, 0.5) is 0 Å². The predicted molar refractivity (Wildman–Crippen MR) is 113 cm³/mol. The molecular formula is C20H23ClN2O6S. The van der Waals surface area contributed by atoms with Crippen molar-refractivity contribution in [2.45, 2.75) is 19.4 Å². The fourth-order valence-electron chi connectivity index (χ4n) is 4.06. The summed E-state index contributed by atoms with van der Waals surface area (Å²) < 4.78 is 34.2. The van der Waals surface area contributed by atoms with E-state index in [1.807, 2.05) is 0 Å². The van der Waals surface area contributed by atoms with E-state index in [1.54, 1.807) is 17.9 Å². The Morgan fingerprint density at radius 1 is 1.23 bits per heavy atom. The van der Waals surface area contributed by atoms with Crippen LogP contribution < -0.4 is 10.4 Å². The van der Waals surface area contributed by atoms with E-state index < -0.39 is 15.5 Å². The molecule has 3 heterocycles.